The van der Waals surface area contributed by atoms with Crippen molar-refractivity contribution in [1.82, 2.24) is 0 Å². The molecule has 1 saturated heterocycles. The van der Waals surface area contributed by atoms with Crippen LogP contribution in [0.25, 0.3) is 0 Å². The minimum absolute atomic E-state index is 0.0135. The van der Waals surface area contributed by atoms with E-state index in [0.717, 1.165) is 25.1 Å². The van der Waals surface area contributed by atoms with Crippen LogP contribution in [0.1, 0.15) is 32.3 Å². The van der Waals surface area contributed by atoms with E-state index in [1.165, 1.54) is 6.07 Å². The molecule has 1 unspecified atom stereocenters. The van der Waals surface area contributed by atoms with Gasteiger partial charge in [-0.1, -0.05) is 13.8 Å². The lowest BCUT2D eigenvalue weighted by Crippen LogP contribution is -2.58. The summed E-state index contributed by atoms with van der Waals surface area (Å²) in [6.07, 6.45) is 2.10. The molecule has 0 aliphatic carbocycles. The maximum Gasteiger partial charge on any atom is 0.247 e. The zero-order valence-electron chi connectivity index (χ0n) is 11.6. The van der Waals surface area contributed by atoms with Crippen molar-refractivity contribution in [1.29, 1.82) is 0 Å². The van der Waals surface area contributed by atoms with Gasteiger partial charge in [0.1, 0.15) is 11.9 Å². The number of rotatable bonds is 0. The Labute approximate surface area is 112 Å². The third-order valence-electron chi connectivity index (χ3n) is 4.36. The van der Waals surface area contributed by atoms with Gasteiger partial charge in [0.05, 0.1) is 11.4 Å². The van der Waals surface area contributed by atoms with Crippen LogP contribution in [0, 0.1) is 18.2 Å². The summed E-state index contributed by atoms with van der Waals surface area (Å²) in [5.41, 5.74) is 2.12. The van der Waals surface area contributed by atoms with E-state index in [0.29, 0.717) is 11.3 Å². The lowest BCUT2D eigenvalue weighted by atomic mass is 9.75. The highest BCUT2D eigenvalue weighted by molar-refractivity contribution is 6.04. The largest absolute Gasteiger partial charge is 0.357 e. The monoisotopic (exact) mass is 262 g/mol. The maximum atomic E-state index is 13.6. The number of amides is 1. The van der Waals surface area contributed by atoms with Gasteiger partial charge < -0.3 is 10.2 Å². The first kappa shape index (κ1) is 12.5. The summed E-state index contributed by atoms with van der Waals surface area (Å²) in [4.78, 5) is 14.5. The van der Waals surface area contributed by atoms with Gasteiger partial charge >= 0.3 is 0 Å². The summed E-state index contributed by atoms with van der Waals surface area (Å²) in [6, 6.07) is 3.12. The Hall–Kier alpha value is -1.58. The van der Waals surface area contributed by atoms with E-state index in [4.69, 9.17) is 0 Å². The van der Waals surface area contributed by atoms with Crippen LogP contribution in [-0.2, 0) is 4.79 Å². The number of hydrogen-bond donors (Lipinski definition) is 1. The Morgan fingerprint density at radius 3 is 2.89 bits per heavy atom. The van der Waals surface area contributed by atoms with Crippen molar-refractivity contribution >= 4 is 17.3 Å². The Morgan fingerprint density at radius 1 is 1.42 bits per heavy atom. The number of aryl methyl sites for hydroxylation is 1. The van der Waals surface area contributed by atoms with Gasteiger partial charge in [-0.05, 0) is 42.9 Å². The molecular weight excluding hydrogens is 243 g/mol. The Bertz CT molecular complexity index is 553. The van der Waals surface area contributed by atoms with Crippen LogP contribution in [0.3, 0.4) is 0 Å². The lowest BCUT2D eigenvalue weighted by molar-refractivity contribution is -0.120. The van der Waals surface area contributed by atoms with Crippen molar-refractivity contribution in [3.63, 3.8) is 0 Å². The molecule has 0 aromatic heterocycles. The average Bonchev–Trinajstić information content (AvgIpc) is 2.31. The molecule has 1 fully saturated rings. The molecule has 0 bridgehead atoms. The van der Waals surface area contributed by atoms with Crippen molar-refractivity contribution in [2.45, 2.75) is 39.7 Å². The molecule has 19 heavy (non-hydrogen) atoms. The zero-order chi connectivity index (χ0) is 13.8. The smallest absolute Gasteiger partial charge is 0.247 e. The fraction of sp³-hybridized carbons (Fsp3) is 0.533. The van der Waals surface area contributed by atoms with Crippen LogP contribution in [0.15, 0.2) is 12.1 Å². The molecule has 1 aromatic rings. The van der Waals surface area contributed by atoms with Gasteiger partial charge in [-0.15, -0.1) is 0 Å². The van der Waals surface area contributed by atoms with Gasteiger partial charge in [0.25, 0.3) is 0 Å². The number of fused-ring (bicyclic) bond motifs is 3. The molecule has 3 rings (SSSR count). The first-order valence-corrected chi connectivity index (χ1v) is 6.78. The fourth-order valence-electron chi connectivity index (χ4n) is 3.35. The highest BCUT2D eigenvalue weighted by Crippen LogP contribution is 2.44. The summed E-state index contributed by atoms with van der Waals surface area (Å²) in [5, 5.41) is 2.86. The number of halogens is 1. The summed E-state index contributed by atoms with van der Waals surface area (Å²) in [5.74, 6) is -0.283. The molecule has 102 valence electrons. The molecule has 0 radical (unpaired) electrons. The van der Waals surface area contributed by atoms with E-state index >= 15 is 0 Å². The number of carbonyl (C=O) groups excluding carboxylic acids is 1. The van der Waals surface area contributed by atoms with E-state index < -0.39 is 0 Å². The minimum atomic E-state index is -0.270. The number of piperidine rings is 1. The molecular formula is C15H19FN2O. The Kier molecular flexibility index (Phi) is 2.59. The third kappa shape index (κ3) is 1.81. The summed E-state index contributed by atoms with van der Waals surface area (Å²) in [7, 11) is 0. The standard InChI is InChI=1S/C15H19FN2O/c1-9-7-12-11(8-10(9)16)17-14(19)13-15(2,3)5-4-6-18(12)13/h7-8,13H,4-6H2,1-3H3,(H,17,19). The highest BCUT2D eigenvalue weighted by Gasteiger charge is 2.45. The van der Waals surface area contributed by atoms with Crippen molar-refractivity contribution in [3.8, 4) is 0 Å². The Balaban J connectivity index is 2.12. The highest BCUT2D eigenvalue weighted by atomic mass is 19.1. The predicted molar refractivity (Wildman–Crippen MR) is 73.9 cm³/mol. The van der Waals surface area contributed by atoms with Crippen LogP contribution in [0.2, 0.25) is 0 Å². The van der Waals surface area contributed by atoms with E-state index in [9.17, 15) is 9.18 Å². The van der Waals surface area contributed by atoms with Gasteiger partial charge in [-0.3, -0.25) is 4.79 Å². The molecule has 1 atom stereocenters. The molecule has 3 nitrogen and oxygen atoms in total. The number of anilines is 2. The van der Waals surface area contributed by atoms with Crippen LogP contribution >= 0.6 is 0 Å². The minimum Gasteiger partial charge on any atom is -0.357 e. The number of benzene rings is 1. The van der Waals surface area contributed by atoms with Crippen molar-refractivity contribution < 1.29 is 9.18 Å². The molecule has 0 saturated carbocycles. The summed E-state index contributed by atoms with van der Waals surface area (Å²) in [6.45, 7) is 6.88. The zero-order valence-corrected chi connectivity index (χ0v) is 11.6. The van der Waals surface area contributed by atoms with Gasteiger partial charge in [-0.2, -0.15) is 0 Å². The first-order valence-electron chi connectivity index (χ1n) is 6.78. The van der Waals surface area contributed by atoms with E-state index in [1.807, 2.05) is 6.07 Å². The van der Waals surface area contributed by atoms with Crippen LogP contribution in [-0.4, -0.2) is 18.5 Å². The number of carbonyl (C=O) groups is 1. The molecule has 1 aromatic carbocycles. The van der Waals surface area contributed by atoms with Crippen molar-refractivity contribution in [3.05, 3.63) is 23.5 Å². The summed E-state index contributed by atoms with van der Waals surface area (Å²) >= 11 is 0. The number of nitrogens with one attached hydrogen (secondary N) is 1. The first-order chi connectivity index (χ1) is 8.90. The van der Waals surface area contributed by atoms with Crippen molar-refractivity contribution in [2.75, 3.05) is 16.8 Å². The van der Waals surface area contributed by atoms with E-state index in [-0.39, 0.29) is 23.2 Å². The summed E-state index contributed by atoms with van der Waals surface area (Å²) < 4.78 is 13.6. The van der Waals surface area contributed by atoms with Gasteiger partial charge in [-0.25, -0.2) is 4.39 Å². The SMILES string of the molecule is Cc1cc2c(cc1F)NC(=O)C1N2CCCC1(C)C. The molecule has 2 heterocycles. The molecule has 1 amide bonds. The van der Waals surface area contributed by atoms with Crippen molar-refractivity contribution in [2.24, 2.45) is 5.41 Å². The number of nitrogens with zero attached hydrogens (tertiary/aromatic N) is 1. The second-order valence-corrected chi connectivity index (χ2v) is 6.30. The second-order valence-electron chi connectivity index (χ2n) is 6.30. The number of hydrogen-bond acceptors (Lipinski definition) is 2. The third-order valence-corrected chi connectivity index (χ3v) is 4.36. The van der Waals surface area contributed by atoms with Crippen LogP contribution in [0.5, 0.6) is 0 Å². The average molecular weight is 262 g/mol. The lowest BCUT2D eigenvalue weighted by Gasteiger charge is -2.49. The van der Waals surface area contributed by atoms with Crippen LogP contribution in [0.4, 0.5) is 15.8 Å². The predicted octanol–water partition coefficient (Wildman–Crippen LogP) is 3.08. The molecule has 2 aliphatic rings. The fourth-order valence-corrected chi connectivity index (χ4v) is 3.35. The molecule has 0 spiro atoms. The van der Waals surface area contributed by atoms with Gasteiger partial charge in [0.15, 0.2) is 0 Å². The normalized spacial score (nSPS) is 24.5. The molecule has 1 N–H and O–H groups in total. The molecule has 2 aliphatic heterocycles. The maximum absolute atomic E-state index is 13.6. The quantitative estimate of drug-likeness (QED) is 0.779. The Morgan fingerprint density at radius 2 is 2.16 bits per heavy atom. The van der Waals surface area contributed by atoms with E-state index in [2.05, 4.69) is 24.1 Å². The molecule has 4 heteroatoms. The van der Waals surface area contributed by atoms with E-state index in [1.54, 1.807) is 6.92 Å². The van der Waals surface area contributed by atoms with Crippen LogP contribution < -0.4 is 10.2 Å². The second kappa shape index (κ2) is 3.95. The topological polar surface area (TPSA) is 32.3 Å². The van der Waals surface area contributed by atoms with Gasteiger partial charge in [0, 0.05) is 6.54 Å². The van der Waals surface area contributed by atoms with Gasteiger partial charge in [0.2, 0.25) is 5.91 Å².